The monoisotopic (exact) mass is 155 g/mol. The first-order valence-corrected chi connectivity index (χ1v) is 5.08. The molecule has 1 aliphatic rings. The first kappa shape index (κ1) is 9.05. The summed E-state index contributed by atoms with van der Waals surface area (Å²) in [5.74, 6) is 1.14. The minimum atomic E-state index is 1.14. The van der Waals surface area contributed by atoms with Crippen LogP contribution in [0.5, 0.6) is 0 Å². The summed E-state index contributed by atoms with van der Waals surface area (Å²) in [6, 6.07) is 0. The summed E-state index contributed by atoms with van der Waals surface area (Å²) in [5.41, 5.74) is 0. The van der Waals surface area contributed by atoms with Gasteiger partial charge in [0.25, 0.3) is 0 Å². The van der Waals surface area contributed by atoms with E-state index in [1.807, 2.05) is 7.05 Å². The van der Waals surface area contributed by atoms with Gasteiger partial charge in [-0.05, 0) is 25.9 Å². The van der Waals surface area contributed by atoms with Gasteiger partial charge in [0.15, 0.2) is 0 Å². The molecule has 0 aromatic carbocycles. The van der Waals surface area contributed by atoms with Gasteiger partial charge in [-0.3, -0.25) is 0 Å². The topological polar surface area (TPSA) is 12.0 Å². The molecule has 0 spiro atoms. The molecule has 1 rings (SSSR count). The number of unbranched alkanes of at least 4 members (excludes halogenated alkanes) is 3. The molecule has 11 heavy (non-hydrogen) atoms. The van der Waals surface area contributed by atoms with Crippen molar-refractivity contribution in [1.82, 2.24) is 5.32 Å². The van der Waals surface area contributed by atoms with Crippen LogP contribution in [-0.2, 0) is 0 Å². The lowest BCUT2D eigenvalue weighted by Crippen LogP contribution is -2.06. The van der Waals surface area contributed by atoms with Gasteiger partial charge in [-0.25, -0.2) is 0 Å². The minimum absolute atomic E-state index is 1.14. The number of rotatable bonds is 7. The van der Waals surface area contributed by atoms with E-state index in [1.165, 1.54) is 51.5 Å². The molecular weight excluding hydrogens is 134 g/mol. The van der Waals surface area contributed by atoms with Crippen molar-refractivity contribution < 1.29 is 0 Å². The average molecular weight is 155 g/mol. The quantitative estimate of drug-likeness (QED) is 0.557. The second kappa shape index (κ2) is 5.59. The Kier molecular flexibility index (Phi) is 4.60. The van der Waals surface area contributed by atoms with Crippen LogP contribution in [0.3, 0.4) is 0 Å². The van der Waals surface area contributed by atoms with Gasteiger partial charge >= 0.3 is 0 Å². The predicted molar refractivity (Wildman–Crippen MR) is 49.7 cm³/mol. The van der Waals surface area contributed by atoms with Crippen LogP contribution in [0.1, 0.15) is 44.9 Å². The maximum Gasteiger partial charge on any atom is -0.00519 e. The van der Waals surface area contributed by atoms with Crippen molar-refractivity contribution in [3.63, 3.8) is 0 Å². The van der Waals surface area contributed by atoms with E-state index in [-0.39, 0.29) is 0 Å². The summed E-state index contributed by atoms with van der Waals surface area (Å²) in [6.45, 7) is 1.20. The Bertz CT molecular complexity index is 86.9. The summed E-state index contributed by atoms with van der Waals surface area (Å²) in [4.78, 5) is 0. The molecule has 0 aliphatic heterocycles. The summed E-state index contributed by atoms with van der Waals surface area (Å²) in [6.07, 6.45) is 10.3. The fraction of sp³-hybridized carbons (Fsp3) is 1.00. The zero-order valence-electron chi connectivity index (χ0n) is 7.73. The molecule has 1 N–H and O–H groups in total. The third-order valence-electron chi connectivity index (χ3n) is 2.49. The van der Waals surface area contributed by atoms with E-state index in [0.717, 1.165) is 5.92 Å². The highest BCUT2D eigenvalue weighted by Crippen LogP contribution is 2.33. The number of hydrogen-bond acceptors (Lipinski definition) is 1. The Morgan fingerprint density at radius 3 is 2.45 bits per heavy atom. The van der Waals surface area contributed by atoms with Crippen molar-refractivity contribution >= 4 is 0 Å². The fourth-order valence-electron chi connectivity index (χ4n) is 1.49. The molecule has 1 nitrogen and oxygen atoms in total. The van der Waals surface area contributed by atoms with Crippen molar-refractivity contribution in [2.45, 2.75) is 44.9 Å². The molecule has 0 atom stereocenters. The molecule has 0 bridgehead atoms. The molecular formula is C10H21N. The Morgan fingerprint density at radius 1 is 1.09 bits per heavy atom. The summed E-state index contributed by atoms with van der Waals surface area (Å²) in [7, 11) is 2.03. The van der Waals surface area contributed by atoms with Crippen LogP contribution in [0.25, 0.3) is 0 Å². The highest BCUT2D eigenvalue weighted by atomic mass is 14.8. The van der Waals surface area contributed by atoms with Crippen molar-refractivity contribution in [3.8, 4) is 0 Å². The molecule has 0 aromatic heterocycles. The van der Waals surface area contributed by atoms with E-state index < -0.39 is 0 Å². The van der Waals surface area contributed by atoms with Crippen molar-refractivity contribution in [2.24, 2.45) is 5.92 Å². The van der Waals surface area contributed by atoms with Crippen molar-refractivity contribution in [1.29, 1.82) is 0 Å². The fourth-order valence-corrected chi connectivity index (χ4v) is 1.49. The normalized spacial score (nSPS) is 17.2. The lowest BCUT2D eigenvalue weighted by atomic mass is 10.1. The molecule has 0 saturated heterocycles. The standard InChI is InChI=1S/C10H21N/c1-11-9-5-3-2-4-6-10-7-8-10/h10-11H,2-9H2,1H3. The van der Waals surface area contributed by atoms with Crippen LogP contribution >= 0.6 is 0 Å². The first-order valence-electron chi connectivity index (χ1n) is 5.08. The van der Waals surface area contributed by atoms with E-state index in [0.29, 0.717) is 0 Å². The first-order chi connectivity index (χ1) is 5.43. The molecule has 66 valence electrons. The van der Waals surface area contributed by atoms with E-state index in [2.05, 4.69) is 5.32 Å². The van der Waals surface area contributed by atoms with Gasteiger partial charge in [0.1, 0.15) is 0 Å². The van der Waals surface area contributed by atoms with Gasteiger partial charge in [-0.1, -0.05) is 38.5 Å². The van der Waals surface area contributed by atoms with Gasteiger partial charge in [0.2, 0.25) is 0 Å². The van der Waals surface area contributed by atoms with Gasteiger partial charge < -0.3 is 5.32 Å². The molecule has 0 radical (unpaired) electrons. The van der Waals surface area contributed by atoms with Gasteiger partial charge in [0, 0.05) is 0 Å². The average Bonchev–Trinajstić information content (AvgIpc) is 2.80. The molecule has 0 aromatic rings. The van der Waals surface area contributed by atoms with Crippen LogP contribution in [0.15, 0.2) is 0 Å². The zero-order chi connectivity index (χ0) is 7.94. The lowest BCUT2D eigenvalue weighted by Gasteiger charge is -1.99. The molecule has 0 heterocycles. The second-order valence-corrected chi connectivity index (χ2v) is 3.75. The molecule has 1 saturated carbocycles. The Labute approximate surface area is 70.6 Å². The van der Waals surface area contributed by atoms with E-state index in [9.17, 15) is 0 Å². The van der Waals surface area contributed by atoms with E-state index in [4.69, 9.17) is 0 Å². The van der Waals surface area contributed by atoms with E-state index in [1.54, 1.807) is 0 Å². The van der Waals surface area contributed by atoms with Crippen molar-refractivity contribution in [3.05, 3.63) is 0 Å². The molecule has 0 unspecified atom stereocenters. The molecule has 0 amide bonds. The third-order valence-corrected chi connectivity index (χ3v) is 2.49. The SMILES string of the molecule is CNCCCCCCC1CC1. The summed E-state index contributed by atoms with van der Waals surface area (Å²) >= 11 is 0. The smallest absolute Gasteiger partial charge is 0.00519 e. The highest BCUT2D eigenvalue weighted by molar-refractivity contribution is 4.72. The van der Waals surface area contributed by atoms with Crippen molar-refractivity contribution in [2.75, 3.05) is 13.6 Å². The van der Waals surface area contributed by atoms with Gasteiger partial charge in [0.05, 0.1) is 0 Å². The number of hydrogen-bond donors (Lipinski definition) is 1. The molecule has 1 fully saturated rings. The van der Waals surface area contributed by atoms with Gasteiger partial charge in [-0.2, -0.15) is 0 Å². The summed E-state index contributed by atoms with van der Waals surface area (Å²) in [5, 5.41) is 3.18. The Morgan fingerprint density at radius 2 is 1.82 bits per heavy atom. The van der Waals surface area contributed by atoms with Crippen LogP contribution in [-0.4, -0.2) is 13.6 Å². The van der Waals surface area contributed by atoms with Gasteiger partial charge in [-0.15, -0.1) is 0 Å². The lowest BCUT2D eigenvalue weighted by molar-refractivity contribution is 0.574. The second-order valence-electron chi connectivity index (χ2n) is 3.75. The molecule has 1 aliphatic carbocycles. The third kappa shape index (κ3) is 5.25. The number of nitrogens with one attached hydrogen (secondary N) is 1. The van der Waals surface area contributed by atoms with E-state index >= 15 is 0 Å². The van der Waals surface area contributed by atoms with Crippen LogP contribution in [0.2, 0.25) is 0 Å². The zero-order valence-corrected chi connectivity index (χ0v) is 7.73. The molecule has 1 heteroatoms. The minimum Gasteiger partial charge on any atom is -0.320 e. The predicted octanol–water partition coefficient (Wildman–Crippen LogP) is 2.57. The summed E-state index contributed by atoms with van der Waals surface area (Å²) < 4.78 is 0. The highest BCUT2D eigenvalue weighted by Gasteiger charge is 2.19. The largest absolute Gasteiger partial charge is 0.320 e. The Balaban J connectivity index is 1.66. The Hall–Kier alpha value is -0.0400. The maximum absolute atomic E-state index is 3.18. The van der Waals surface area contributed by atoms with Crippen LogP contribution < -0.4 is 5.32 Å². The maximum atomic E-state index is 3.18. The van der Waals surface area contributed by atoms with Crippen LogP contribution in [0.4, 0.5) is 0 Å². The van der Waals surface area contributed by atoms with Crippen LogP contribution in [0, 0.1) is 5.92 Å².